The largest absolute Gasteiger partial charge is 0.489 e. The fraction of sp³-hybridized carbons (Fsp3) is 0.188. The molecule has 0 N–H and O–H groups in total. The molecule has 0 saturated carbocycles. The Morgan fingerprint density at radius 3 is 2.78 bits per heavy atom. The van der Waals surface area contributed by atoms with E-state index in [1.807, 2.05) is 31.2 Å². The topological polar surface area (TPSA) is 9.23 Å². The van der Waals surface area contributed by atoms with Crippen molar-refractivity contribution < 1.29 is 9.13 Å². The summed E-state index contributed by atoms with van der Waals surface area (Å²) in [6.45, 7) is 5.91. The quantitative estimate of drug-likeness (QED) is 0.734. The van der Waals surface area contributed by atoms with Crippen LogP contribution in [0.3, 0.4) is 0 Å². The molecular formula is C16H14FO. The third-order valence-electron chi connectivity index (χ3n) is 3.30. The van der Waals surface area contributed by atoms with Crippen molar-refractivity contribution in [2.75, 3.05) is 0 Å². The Morgan fingerprint density at radius 1 is 1.22 bits per heavy atom. The molecule has 1 unspecified atom stereocenters. The molecule has 2 aromatic rings. The maximum atomic E-state index is 13.7. The van der Waals surface area contributed by atoms with Crippen LogP contribution in [-0.2, 0) is 6.42 Å². The molecule has 0 saturated heterocycles. The molecule has 1 aliphatic heterocycles. The molecule has 18 heavy (non-hydrogen) atoms. The van der Waals surface area contributed by atoms with Gasteiger partial charge in [-0.2, -0.15) is 0 Å². The van der Waals surface area contributed by atoms with E-state index >= 15 is 0 Å². The Labute approximate surface area is 106 Å². The molecule has 0 amide bonds. The maximum absolute atomic E-state index is 13.7. The molecule has 0 spiro atoms. The second-order valence-corrected chi connectivity index (χ2v) is 4.70. The summed E-state index contributed by atoms with van der Waals surface area (Å²) in [4.78, 5) is 0. The van der Waals surface area contributed by atoms with Gasteiger partial charge < -0.3 is 4.74 Å². The van der Waals surface area contributed by atoms with Crippen molar-refractivity contribution in [1.29, 1.82) is 0 Å². The molecule has 1 radical (unpaired) electrons. The number of aryl methyl sites for hydroxylation is 1. The summed E-state index contributed by atoms with van der Waals surface area (Å²) in [5.41, 5.74) is 3.87. The molecule has 2 heteroatoms. The highest BCUT2D eigenvalue weighted by Gasteiger charge is 2.24. The maximum Gasteiger partial charge on any atom is 0.131 e. The van der Waals surface area contributed by atoms with E-state index in [-0.39, 0.29) is 11.9 Å². The first-order valence-electron chi connectivity index (χ1n) is 6.03. The number of halogens is 1. The Balaban J connectivity index is 2.22. The first-order chi connectivity index (χ1) is 8.65. The van der Waals surface area contributed by atoms with Crippen LogP contribution in [0.25, 0.3) is 11.1 Å². The van der Waals surface area contributed by atoms with Crippen molar-refractivity contribution in [3.05, 3.63) is 60.3 Å². The van der Waals surface area contributed by atoms with Gasteiger partial charge >= 0.3 is 0 Å². The normalized spacial score (nSPS) is 17.4. The number of ether oxygens (including phenoxy) is 1. The van der Waals surface area contributed by atoms with Gasteiger partial charge in [0.2, 0.25) is 0 Å². The zero-order valence-electron chi connectivity index (χ0n) is 10.2. The number of benzene rings is 2. The van der Waals surface area contributed by atoms with E-state index < -0.39 is 0 Å². The van der Waals surface area contributed by atoms with Gasteiger partial charge in [-0.1, -0.05) is 24.3 Å². The average molecular weight is 241 g/mol. The first-order valence-corrected chi connectivity index (χ1v) is 6.03. The van der Waals surface area contributed by atoms with E-state index in [1.54, 1.807) is 12.1 Å². The van der Waals surface area contributed by atoms with E-state index in [4.69, 9.17) is 4.74 Å². The van der Waals surface area contributed by atoms with Gasteiger partial charge in [-0.3, -0.25) is 0 Å². The second kappa shape index (κ2) is 4.13. The van der Waals surface area contributed by atoms with Crippen LogP contribution >= 0.6 is 0 Å². The lowest BCUT2D eigenvalue weighted by molar-refractivity contribution is 0.282. The third-order valence-corrected chi connectivity index (χ3v) is 3.30. The molecule has 0 fully saturated rings. The van der Waals surface area contributed by atoms with Gasteiger partial charge in [0, 0.05) is 17.5 Å². The van der Waals surface area contributed by atoms with Crippen LogP contribution in [0.5, 0.6) is 5.75 Å². The summed E-state index contributed by atoms with van der Waals surface area (Å²) in [5.74, 6) is 0.565. The molecule has 1 heterocycles. The van der Waals surface area contributed by atoms with E-state index in [2.05, 4.69) is 6.92 Å². The van der Waals surface area contributed by atoms with Crippen molar-refractivity contribution >= 4 is 0 Å². The highest BCUT2D eigenvalue weighted by atomic mass is 19.1. The summed E-state index contributed by atoms with van der Waals surface area (Å²) < 4.78 is 19.4. The second-order valence-electron chi connectivity index (χ2n) is 4.70. The Morgan fingerprint density at radius 2 is 2.00 bits per heavy atom. The van der Waals surface area contributed by atoms with Crippen LogP contribution in [0.1, 0.15) is 11.1 Å². The predicted octanol–water partition coefficient (Wildman–Crippen LogP) is 3.94. The van der Waals surface area contributed by atoms with Crippen LogP contribution in [0.15, 0.2) is 36.4 Å². The zero-order valence-corrected chi connectivity index (χ0v) is 10.2. The van der Waals surface area contributed by atoms with E-state index in [0.717, 1.165) is 28.0 Å². The first kappa shape index (κ1) is 11.3. The number of hydrogen-bond donors (Lipinski definition) is 0. The van der Waals surface area contributed by atoms with Gasteiger partial charge in [0.1, 0.15) is 17.7 Å². The van der Waals surface area contributed by atoms with Crippen molar-refractivity contribution in [2.45, 2.75) is 19.4 Å². The fourth-order valence-electron chi connectivity index (χ4n) is 2.47. The van der Waals surface area contributed by atoms with Gasteiger partial charge in [0.05, 0.1) is 0 Å². The molecule has 1 nitrogen and oxygen atoms in total. The van der Waals surface area contributed by atoms with Crippen LogP contribution < -0.4 is 4.74 Å². The van der Waals surface area contributed by atoms with Crippen molar-refractivity contribution in [3.63, 3.8) is 0 Å². The van der Waals surface area contributed by atoms with E-state index in [0.29, 0.717) is 6.42 Å². The Bertz CT molecular complexity index is 604. The minimum Gasteiger partial charge on any atom is -0.489 e. The number of hydrogen-bond acceptors (Lipinski definition) is 1. The monoisotopic (exact) mass is 241 g/mol. The minimum absolute atomic E-state index is 0.121. The van der Waals surface area contributed by atoms with Crippen LogP contribution in [0, 0.1) is 19.7 Å². The SMILES string of the molecule is [CH2]C1Cc2cc(F)cc(-c3ccccc3C)c2O1. The lowest BCUT2D eigenvalue weighted by Crippen LogP contribution is -2.06. The zero-order chi connectivity index (χ0) is 12.7. The predicted molar refractivity (Wildman–Crippen MR) is 70.1 cm³/mol. The van der Waals surface area contributed by atoms with E-state index in [1.165, 1.54) is 0 Å². The van der Waals surface area contributed by atoms with Crippen molar-refractivity contribution in [3.8, 4) is 16.9 Å². The summed E-state index contributed by atoms with van der Waals surface area (Å²) in [7, 11) is 0. The standard InChI is InChI=1S/C16H14FO/c1-10-5-3-4-6-14(10)15-9-13(17)8-12-7-11(2)18-16(12)15/h3-6,8-9,11H,2,7H2,1H3. The van der Waals surface area contributed by atoms with Crippen LogP contribution in [-0.4, -0.2) is 6.10 Å². The third kappa shape index (κ3) is 1.78. The molecular weight excluding hydrogens is 227 g/mol. The fourth-order valence-corrected chi connectivity index (χ4v) is 2.47. The lowest BCUT2D eigenvalue weighted by atomic mass is 9.97. The molecule has 0 bridgehead atoms. The Hall–Kier alpha value is -1.83. The molecule has 91 valence electrons. The van der Waals surface area contributed by atoms with Gasteiger partial charge in [-0.15, -0.1) is 0 Å². The summed E-state index contributed by atoms with van der Waals surface area (Å²) in [6.07, 6.45) is 0.552. The van der Waals surface area contributed by atoms with Gasteiger partial charge in [-0.25, -0.2) is 4.39 Å². The highest BCUT2D eigenvalue weighted by molar-refractivity contribution is 5.75. The van der Waals surface area contributed by atoms with Crippen LogP contribution in [0.4, 0.5) is 4.39 Å². The molecule has 0 aliphatic carbocycles. The smallest absolute Gasteiger partial charge is 0.131 e. The highest BCUT2D eigenvalue weighted by Crippen LogP contribution is 2.40. The lowest BCUT2D eigenvalue weighted by Gasteiger charge is -2.12. The number of fused-ring (bicyclic) bond motifs is 1. The molecule has 1 aliphatic rings. The van der Waals surface area contributed by atoms with Gasteiger partial charge in [0.15, 0.2) is 0 Å². The van der Waals surface area contributed by atoms with Gasteiger partial charge in [-0.05, 0) is 37.1 Å². The number of rotatable bonds is 1. The summed E-state index contributed by atoms with van der Waals surface area (Å²) in [6, 6.07) is 11.0. The molecule has 0 aromatic heterocycles. The average Bonchev–Trinajstić information content (AvgIpc) is 2.69. The van der Waals surface area contributed by atoms with E-state index in [9.17, 15) is 4.39 Å². The molecule has 3 rings (SSSR count). The molecule has 1 atom stereocenters. The van der Waals surface area contributed by atoms with Crippen molar-refractivity contribution in [2.24, 2.45) is 0 Å². The van der Waals surface area contributed by atoms with Crippen LogP contribution in [0.2, 0.25) is 0 Å². The van der Waals surface area contributed by atoms with Crippen molar-refractivity contribution in [1.82, 2.24) is 0 Å². The summed E-state index contributed by atoms with van der Waals surface area (Å²) in [5, 5.41) is 0. The van der Waals surface area contributed by atoms with Gasteiger partial charge in [0.25, 0.3) is 0 Å². The Kier molecular flexibility index (Phi) is 2.58. The minimum atomic E-state index is -0.218. The summed E-state index contributed by atoms with van der Waals surface area (Å²) >= 11 is 0. The molecule has 2 aromatic carbocycles.